The fraction of sp³-hybridized carbons (Fsp3) is 0.130. The Bertz CT molecular complexity index is 1120. The molecule has 0 unspecified atom stereocenters. The van der Waals surface area contributed by atoms with E-state index in [1.165, 1.54) is 35.4 Å². The van der Waals surface area contributed by atoms with Crippen LogP contribution < -0.4 is 5.32 Å². The number of aryl methyl sites for hydroxylation is 1. The molecule has 0 aliphatic rings. The molecule has 140 valence electrons. The van der Waals surface area contributed by atoms with Crippen LogP contribution in [0, 0.1) is 12.7 Å². The maximum Gasteiger partial charge on any atom is 0.251 e. The quantitative estimate of drug-likeness (QED) is 0.561. The number of nitrogens with zero attached hydrogens (tertiary/aromatic N) is 2. The van der Waals surface area contributed by atoms with E-state index in [0.717, 1.165) is 16.9 Å². The number of para-hydroxylation sites is 2. The van der Waals surface area contributed by atoms with Gasteiger partial charge in [-0.2, -0.15) is 0 Å². The predicted molar refractivity (Wildman–Crippen MR) is 108 cm³/mol. The highest BCUT2D eigenvalue weighted by Crippen LogP contribution is 2.18. The van der Waals surface area contributed by atoms with Crippen molar-refractivity contribution in [1.82, 2.24) is 14.9 Å². The Morgan fingerprint density at radius 1 is 1.00 bits per heavy atom. The number of fused-ring (bicyclic) bond motifs is 1. The molecule has 0 aliphatic heterocycles. The molecule has 3 aromatic carbocycles. The Balaban J connectivity index is 1.60. The third-order valence-electron chi connectivity index (χ3n) is 4.71. The molecule has 5 heteroatoms. The van der Waals surface area contributed by atoms with Crippen molar-refractivity contribution in [3.8, 4) is 0 Å². The summed E-state index contributed by atoms with van der Waals surface area (Å²) < 4.78 is 15.2. The third kappa shape index (κ3) is 3.78. The van der Waals surface area contributed by atoms with E-state index >= 15 is 0 Å². The van der Waals surface area contributed by atoms with Gasteiger partial charge in [-0.25, -0.2) is 9.37 Å². The Morgan fingerprint density at radius 3 is 2.46 bits per heavy atom. The molecule has 0 fully saturated rings. The third-order valence-corrected chi connectivity index (χ3v) is 4.71. The summed E-state index contributed by atoms with van der Waals surface area (Å²) in [7, 11) is 0. The van der Waals surface area contributed by atoms with Gasteiger partial charge in [0.1, 0.15) is 11.6 Å². The molecule has 4 nitrogen and oxygen atoms in total. The van der Waals surface area contributed by atoms with Crippen LogP contribution >= 0.6 is 0 Å². The summed E-state index contributed by atoms with van der Waals surface area (Å²) in [6, 6.07) is 21.8. The lowest BCUT2D eigenvalue weighted by Crippen LogP contribution is -2.24. The predicted octanol–water partition coefficient (Wildman–Crippen LogP) is 4.46. The number of hydrogen-bond acceptors (Lipinski definition) is 2. The zero-order chi connectivity index (χ0) is 19.5. The van der Waals surface area contributed by atoms with Gasteiger partial charge >= 0.3 is 0 Å². The summed E-state index contributed by atoms with van der Waals surface area (Å²) in [6.07, 6.45) is 0. The number of carbonyl (C=O) groups excluding carboxylic acids is 1. The zero-order valence-electron chi connectivity index (χ0n) is 15.5. The molecule has 28 heavy (non-hydrogen) atoms. The van der Waals surface area contributed by atoms with Crippen LogP contribution in [0.5, 0.6) is 0 Å². The van der Waals surface area contributed by atoms with Gasteiger partial charge in [0.2, 0.25) is 0 Å². The molecular formula is C23H20FN3O. The Labute approximate surface area is 162 Å². The number of hydrogen-bond donors (Lipinski definition) is 1. The number of imidazole rings is 1. The van der Waals surface area contributed by atoms with Gasteiger partial charge in [0.15, 0.2) is 0 Å². The first-order valence-corrected chi connectivity index (χ1v) is 9.13. The SMILES string of the molecule is Cc1ccc(Cn2c(CNC(=O)c3ccc(F)cc3)nc3ccccc32)cc1. The van der Waals surface area contributed by atoms with E-state index in [-0.39, 0.29) is 18.3 Å². The Kier molecular flexibility index (Phi) is 4.89. The van der Waals surface area contributed by atoms with Gasteiger partial charge in [-0.1, -0.05) is 42.0 Å². The van der Waals surface area contributed by atoms with Gasteiger partial charge in [0.25, 0.3) is 5.91 Å². The van der Waals surface area contributed by atoms with Crippen molar-refractivity contribution in [1.29, 1.82) is 0 Å². The number of amides is 1. The van der Waals surface area contributed by atoms with E-state index in [9.17, 15) is 9.18 Å². The molecule has 4 rings (SSSR count). The van der Waals surface area contributed by atoms with E-state index < -0.39 is 0 Å². The summed E-state index contributed by atoms with van der Waals surface area (Å²) in [4.78, 5) is 17.1. The first-order valence-electron chi connectivity index (χ1n) is 9.13. The smallest absolute Gasteiger partial charge is 0.251 e. The second kappa shape index (κ2) is 7.64. The molecule has 0 atom stereocenters. The lowest BCUT2D eigenvalue weighted by molar-refractivity contribution is 0.0949. The monoisotopic (exact) mass is 373 g/mol. The maximum absolute atomic E-state index is 13.1. The molecule has 1 aromatic heterocycles. The summed E-state index contributed by atoms with van der Waals surface area (Å²) in [5.41, 5.74) is 4.71. The minimum absolute atomic E-state index is 0.256. The van der Waals surface area contributed by atoms with Crippen molar-refractivity contribution >= 4 is 16.9 Å². The highest BCUT2D eigenvalue weighted by molar-refractivity contribution is 5.94. The van der Waals surface area contributed by atoms with Gasteiger partial charge in [-0.05, 0) is 48.9 Å². The zero-order valence-corrected chi connectivity index (χ0v) is 15.5. The van der Waals surface area contributed by atoms with E-state index in [4.69, 9.17) is 4.98 Å². The highest BCUT2D eigenvalue weighted by Gasteiger charge is 2.13. The van der Waals surface area contributed by atoms with Gasteiger partial charge in [-0.3, -0.25) is 4.79 Å². The summed E-state index contributed by atoms with van der Waals surface area (Å²) in [5.74, 6) is 0.155. The van der Waals surface area contributed by atoms with Crippen LogP contribution in [0.4, 0.5) is 4.39 Å². The van der Waals surface area contributed by atoms with E-state index in [0.29, 0.717) is 12.1 Å². The van der Waals surface area contributed by atoms with Gasteiger partial charge in [0, 0.05) is 12.1 Å². The van der Waals surface area contributed by atoms with Gasteiger partial charge in [0.05, 0.1) is 17.6 Å². The van der Waals surface area contributed by atoms with E-state index in [1.54, 1.807) is 0 Å². The normalized spacial score (nSPS) is 10.9. The molecule has 1 heterocycles. The highest BCUT2D eigenvalue weighted by atomic mass is 19.1. The molecule has 4 aromatic rings. The average molecular weight is 373 g/mol. The number of carbonyl (C=O) groups is 1. The van der Waals surface area contributed by atoms with Crippen molar-refractivity contribution in [2.24, 2.45) is 0 Å². The second-order valence-corrected chi connectivity index (χ2v) is 6.78. The molecule has 0 aliphatic carbocycles. The first kappa shape index (κ1) is 17.9. The molecule has 0 bridgehead atoms. The van der Waals surface area contributed by atoms with E-state index in [1.807, 2.05) is 24.3 Å². The van der Waals surface area contributed by atoms with Gasteiger partial charge in [-0.15, -0.1) is 0 Å². The van der Waals surface area contributed by atoms with Crippen LogP contribution in [0.25, 0.3) is 11.0 Å². The fourth-order valence-electron chi connectivity index (χ4n) is 3.18. The Hall–Kier alpha value is -3.47. The first-order chi connectivity index (χ1) is 13.6. The van der Waals surface area contributed by atoms with Crippen LogP contribution in [0.1, 0.15) is 27.3 Å². The topological polar surface area (TPSA) is 46.9 Å². The molecule has 1 amide bonds. The molecule has 0 radical (unpaired) electrons. The number of benzene rings is 3. The molecule has 0 saturated heterocycles. The maximum atomic E-state index is 13.1. The number of nitrogens with one attached hydrogen (secondary N) is 1. The lowest BCUT2D eigenvalue weighted by atomic mass is 10.1. The average Bonchev–Trinajstić information content (AvgIpc) is 3.06. The second-order valence-electron chi connectivity index (χ2n) is 6.78. The number of rotatable bonds is 5. The molecule has 0 saturated carbocycles. The minimum atomic E-state index is -0.364. The van der Waals surface area contributed by atoms with Crippen molar-refractivity contribution in [2.75, 3.05) is 0 Å². The van der Waals surface area contributed by atoms with Crippen LogP contribution in [-0.2, 0) is 13.1 Å². The van der Waals surface area contributed by atoms with Crippen molar-refractivity contribution in [2.45, 2.75) is 20.0 Å². The fourth-order valence-corrected chi connectivity index (χ4v) is 3.18. The molecule has 1 N–H and O–H groups in total. The van der Waals surface area contributed by atoms with Crippen LogP contribution in [0.3, 0.4) is 0 Å². The van der Waals surface area contributed by atoms with Crippen molar-refractivity contribution in [3.63, 3.8) is 0 Å². The molecule has 0 spiro atoms. The van der Waals surface area contributed by atoms with Crippen LogP contribution in [-0.4, -0.2) is 15.5 Å². The van der Waals surface area contributed by atoms with Crippen LogP contribution in [0.2, 0.25) is 0 Å². The number of aromatic nitrogens is 2. The van der Waals surface area contributed by atoms with Crippen molar-refractivity contribution < 1.29 is 9.18 Å². The molecular weight excluding hydrogens is 353 g/mol. The van der Waals surface area contributed by atoms with E-state index in [2.05, 4.69) is 41.1 Å². The Morgan fingerprint density at radius 2 is 1.71 bits per heavy atom. The minimum Gasteiger partial charge on any atom is -0.345 e. The largest absolute Gasteiger partial charge is 0.345 e. The lowest BCUT2D eigenvalue weighted by Gasteiger charge is -2.11. The van der Waals surface area contributed by atoms with Gasteiger partial charge < -0.3 is 9.88 Å². The summed E-state index contributed by atoms with van der Waals surface area (Å²) >= 11 is 0. The van der Waals surface area contributed by atoms with Crippen molar-refractivity contribution in [3.05, 3.63) is 101 Å². The summed E-state index contributed by atoms with van der Waals surface area (Å²) in [5, 5.41) is 2.89. The van der Waals surface area contributed by atoms with Crippen LogP contribution in [0.15, 0.2) is 72.8 Å². The standard InChI is InChI=1S/C23H20FN3O/c1-16-6-8-17(9-7-16)15-27-21-5-3-2-4-20(21)26-22(27)14-25-23(28)18-10-12-19(24)13-11-18/h2-13H,14-15H2,1H3,(H,25,28). The summed E-state index contributed by atoms with van der Waals surface area (Å²) in [6.45, 7) is 3.02. The number of halogens is 1.